The zero-order valence-corrected chi connectivity index (χ0v) is 31.8. The summed E-state index contributed by atoms with van der Waals surface area (Å²) in [7, 11) is 0.859. The Morgan fingerprint density at radius 3 is 2.35 bits per heavy atom. The van der Waals surface area contributed by atoms with Crippen molar-refractivity contribution in [1.29, 1.82) is 0 Å². The largest absolute Gasteiger partial charge is 0.465 e. The Morgan fingerprint density at radius 1 is 0.958 bits per heavy atom. The predicted molar refractivity (Wildman–Crippen MR) is 200 cm³/mol. The summed E-state index contributed by atoms with van der Waals surface area (Å²) in [4.78, 5) is 14.6. The first-order valence-electron chi connectivity index (χ1n) is 19.2. The number of benzene rings is 1. The lowest BCUT2D eigenvalue weighted by Crippen LogP contribution is -2.63. The Balaban J connectivity index is 0.00000129. The lowest BCUT2D eigenvalue weighted by molar-refractivity contribution is -0.172. The van der Waals surface area contributed by atoms with Crippen LogP contribution in [0.1, 0.15) is 115 Å². The molecular weight excluding hydrogens is 613 g/mol. The van der Waals surface area contributed by atoms with Crippen LogP contribution in [0.3, 0.4) is 0 Å². The Hall–Kier alpha value is -1.76. The molecule has 48 heavy (non-hydrogen) atoms. The molecule has 0 aromatic heterocycles. The number of nitrogens with zero attached hydrogens (tertiary/aromatic N) is 1. The molecule has 1 aliphatic heterocycles. The molecular formula is C42H64N2O3S. The average molecular weight is 677 g/mol. The molecule has 1 heterocycles. The third kappa shape index (κ3) is 6.23. The third-order valence-electron chi connectivity index (χ3n) is 14.9. The number of methoxy groups -OCH3 is 1. The molecule has 0 amide bonds. The maximum absolute atomic E-state index is 12.1. The van der Waals surface area contributed by atoms with Crippen LogP contribution in [-0.2, 0) is 15.5 Å². The molecule has 5 aliphatic carbocycles. The topological polar surface area (TPSA) is 58.6 Å². The number of rotatable bonds is 6. The van der Waals surface area contributed by atoms with Gasteiger partial charge in [0.1, 0.15) is 0 Å². The molecule has 0 spiro atoms. The second-order valence-corrected chi connectivity index (χ2v) is 19.0. The number of nitrogens with one attached hydrogen (secondary N) is 1. The van der Waals surface area contributed by atoms with E-state index in [1.807, 2.05) is 19.1 Å². The molecule has 5 nitrogen and oxygen atoms in total. The number of fused-ring (bicyclic) bond motifs is 7. The average Bonchev–Trinajstić information content (AvgIpc) is 3.50. The van der Waals surface area contributed by atoms with Crippen molar-refractivity contribution in [2.24, 2.45) is 45.8 Å². The number of hydrogen-bond donors (Lipinski definition) is 1. The van der Waals surface area contributed by atoms with Crippen molar-refractivity contribution >= 4 is 22.3 Å². The highest BCUT2D eigenvalue weighted by atomic mass is 32.2. The van der Waals surface area contributed by atoms with Crippen LogP contribution in [0.25, 0.3) is 5.57 Å². The van der Waals surface area contributed by atoms with E-state index in [0.29, 0.717) is 27.9 Å². The normalized spacial score (nSPS) is 39.0. The van der Waals surface area contributed by atoms with Crippen molar-refractivity contribution in [2.75, 3.05) is 44.8 Å². The van der Waals surface area contributed by atoms with Gasteiger partial charge in [-0.25, -0.2) is 4.79 Å². The second kappa shape index (κ2) is 14.1. The molecule has 0 bridgehead atoms. The van der Waals surface area contributed by atoms with E-state index in [-0.39, 0.29) is 11.4 Å². The highest BCUT2D eigenvalue weighted by molar-refractivity contribution is 7.85. The molecule has 266 valence electrons. The molecule has 7 unspecified atom stereocenters. The van der Waals surface area contributed by atoms with Gasteiger partial charge in [0, 0.05) is 54.0 Å². The van der Waals surface area contributed by atoms with Gasteiger partial charge in [-0.3, -0.25) is 4.21 Å². The summed E-state index contributed by atoms with van der Waals surface area (Å²) in [5, 5.41) is 4.22. The number of ether oxygens (including phenoxy) is 1. The van der Waals surface area contributed by atoms with E-state index in [2.05, 4.69) is 62.7 Å². The van der Waals surface area contributed by atoms with Gasteiger partial charge < -0.3 is 15.0 Å². The zero-order valence-electron chi connectivity index (χ0n) is 31.0. The number of allylic oxidation sites excluding steroid dienone is 3. The minimum Gasteiger partial charge on any atom is -0.465 e. The van der Waals surface area contributed by atoms with E-state index in [4.69, 9.17) is 4.74 Å². The van der Waals surface area contributed by atoms with Crippen LogP contribution in [-0.4, -0.2) is 65.4 Å². The van der Waals surface area contributed by atoms with Crippen molar-refractivity contribution < 1.29 is 13.7 Å². The SMILES string of the molecule is C=CC.COC(=O)c1ccc(C2=CCC3(C)C(CCC4(C)C5CCC6(NCCN7CCS(=O)CC7)CCC[C@@H]6C5CCC43)C2(C)C)cc1. The molecule has 6 heteroatoms. The van der Waals surface area contributed by atoms with E-state index >= 15 is 0 Å². The first-order chi connectivity index (χ1) is 22.9. The van der Waals surface area contributed by atoms with Gasteiger partial charge in [-0.1, -0.05) is 58.4 Å². The Bertz CT molecular complexity index is 1380. The van der Waals surface area contributed by atoms with Crippen LogP contribution >= 0.6 is 0 Å². The highest BCUT2D eigenvalue weighted by Gasteiger charge is 2.65. The van der Waals surface area contributed by atoms with Crippen LogP contribution in [0, 0.1) is 45.8 Å². The molecule has 1 saturated heterocycles. The monoisotopic (exact) mass is 676 g/mol. The molecule has 1 aromatic carbocycles. The van der Waals surface area contributed by atoms with Crippen LogP contribution in [0.15, 0.2) is 43.0 Å². The maximum Gasteiger partial charge on any atom is 0.337 e. The van der Waals surface area contributed by atoms with Gasteiger partial charge in [0.2, 0.25) is 0 Å². The molecule has 5 fully saturated rings. The molecule has 8 atom stereocenters. The predicted octanol–water partition coefficient (Wildman–Crippen LogP) is 8.53. The summed E-state index contributed by atoms with van der Waals surface area (Å²) >= 11 is 0. The highest BCUT2D eigenvalue weighted by Crippen LogP contribution is 2.72. The van der Waals surface area contributed by atoms with Gasteiger partial charge in [-0.2, -0.15) is 0 Å². The number of esters is 1. The summed E-state index contributed by atoms with van der Waals surface area (Å²) in [6.45, 7) is 19.9. The van der Waals surface area contributed by atoms with E-state index in [1.54, 1.807) is 6.08 Å². The Labute approximate surface area is 294 Å². The Kier molecular flexibility index (Phi) is 10.6. The van der Waals surface area contributed by atoms with Crippen molar-refractivity contribution in [2.45, 2.75) is 104 Å². The van der Waals surface area contributed by atoms with E-state index in [9.17, 15) is 9.00 Å². The molecule has 1 N–H and O–H groups in total. The van der Waals surface area contributed by atoms with Crippen molar-refractivity contribution in [1.82, 2.24) is 10.2 Å². The van der Waals surface area contributed by atoms with Crippen molar-refractivity contribution in [3.8, 4) is 0 Å². The van der Waals surface area contributed by atoms with Crippen molar-refractivity contribution in [3.05, 3.63) is 54.1 Å². The lowest BCUT2D eigenvalue weighted by Gasteiger charge is -2.68. The van der Waals surface area contributed by atoms with E-state index < -0.39 is 10.8 Å². The quantitative estimate of drug-likeness (QED) is 0.242. The fourth-order valence-corrected chi connectivity index (χ4v) is 14.0. The van der Waals surface area contributed by atoms with Crippen molar-refractivity contribution in [3.63, 3.8) is 0 Å². The smallest absolute Gasteiger partial charge is 0.337 e. The lowest BCUT2D eigenvalue weighted by atomic mass is 9.37. The van der Waals surface area contributed by atoms with Gasteiger partial charge >= 0.3 is 5.97 Å². The fourth-order valence-electron chi connectivity index (χ4n) is 12.9. The first kappa shape index (κ1) is 36.0. The van der Waals surface area contributed by atoms with Gasteiger partial charge in [0.05, 0.1) is 12.7 Å². The van der Waals surface area contributed by atoms with Crippen LogP contribution in [0.2, 0.25) is 0 Å². The number of carbonyl (C=O) groups is 1. The second-order valence-electron chi connectivity index (χ2n) is 17.3. The summed E-state index contributed by atoms with van der Waals surface area (Å²) in [5.74, 6) is 5.49. The molecule has 1 aromatic rings. The molecule has 7 rings (SSSR count). The van der Waals surface area contributed by atoms with Gasteiger partial charge in [0.15, 0.2) is 0 Å². The fraction of sp³-hybridized carbons (Fsp3) is 0.738. The minimum atomic E-state index is -0.592. The van der Waals surface area contributed by atoms with E-state index in [1.165, 1.54) is 82.5 Å². The Morgan fingerprint density at radius 2 is 1.67 bits per heavy atom. The van der Waals surface area contributed by atoms with E-state index in [0.717, 1.165) is 61.4 Å². The summed E-state index contributed by atoms with van der Waals surface area (Å²) < 4.78 is 16.8. The number of carbonyl (C=O) groups excluding carboxylic acids is 1. The van der Waals surface area contributed by atoms with Gasteiger partial charge in [0.25, 0.3) is 0 Å². The molecule has 4 saturated carbocycles. The summed E-state index contributed by atoms with van der Waals surface area (Å²) in [6, 6.07) is 8.14. The van der Waals surface area contributed by atoms with Crippen LogP contribution in [0.5, 0.6) is 0 Å². The maximum atomic E-state index is 12.1. The summed E-state index contributed by atoms with van der Waals surface area (Å²) in [5.41, 5.74) is 4.58. The first-order valence-corrected chi connectivity index (χ1v) is 20.7. The van der Waals surface area contributed by atoms with Crippen LogP contribution in [0.4, 0.5) is 0 Å². The standard InChI is InChI=1S/C39H58N2O3S.C3H6/c1-36(2)30(27-8-10-28(11-9-27)35(42)44-5)14-18-38(4)33(36)16-19-37(3)31-15-20-39(40-21-22-41-23-25-45(43)26-24-41)17-6-7-32(39)29(31)12-13-34(37)38;1-3-2/h8-11,14,29,31-34,40H,6-7,12-13,15-26H2,1-5H3;3H,1H2,2H3/t29?,31?,32-,33?,34?,37?,38?,39?;/m1./s1. The minimum absolute atomic E-state index is 0.0957. The third-order valence-corrected chi connectivity index (χ3v) is 16.2. The summed E-state index contributed by atoms with van der Waals surface area (Å²) in [6.07, 6.45) is 18.0. The molecule has 0 radical (unpaired) electrons. The number of hydrogen-bond acceptors (Lipinski definition) is 5. The van der Waals surface area contributed by atoms with Crippen LogP contribution < -0.4 is 5.32 Å². The van der Waals surface area contributed by atoms with Gasteiger partial charge in [-0.15, -0.1) is 6.58 Å². The van der Waals surface area contributed by atoms with Gasteiger partial charge in [-0.05, 0) is 134 Å². The zero-order chi connectivity index (χ0) is 34.3. The molecule has 6 aliphatic rings.